The highest BCUT2D eigenvalue weighted by molar-refractivity contribution is 6.30. The molecule has 1 amide bonds. The van der Waals surface area contributed by atoms with Gasteiger partial charge in [0.15, 0.2) is 0 Å². The number of piperidine rings is 1. The number of ether oxygens (including phenoxy) is 1. The molecule has 1 fully saturated rings. The molecular weight excluding hydrogens is 354 g/mol. The first-order valence-corrected chi connectivity index (χ1v) is 8.91. The quantitative estimate of drug-likeness (QED) is 0.813. The van der Waals surface area contributed by atoms with Gasteiger partial charge in [-0.05, 0) is 49.1 Å². The average Bonchev–Trinajstić information content (AvgIpc) is 2.65. The Morgan fingerprint density at radius 3 is 2.42 bits per heavy atom. The van der Waals surface area contributed by atoms with E-state index in [1.165, 1.54) is 4.90 Å². The van der Waals surface area contributed by atoms with Gasteiger partial charge in [0.2, 0.25) is 0 Å². The van der Waals surface area contributed by atoms with Crippen LogP contribution in [0.25, 0.3) is 0 Å². The first kappa shape index (κ1) is 18.3. The van der Waals surface area contributed by atoms with Crippen LogP contribution >= 0.6 is 11.6 Å². The zero-order valence-electron chi connectivity index (χ0n) is 14.2. The Morgan fingerprint density at radius 2 is 1.77 bits per heavy atom. The van der Waals surface area contributed by atoms with Crippen molar-refractivity contribution in [3.05, 3.63) is 70.7 Å². The van der Waals surface area contributed by atoms with Gasteiger partial charge in [-0.1, -0.05) is 41.9 Å². The summed E-state index contributed by atoms with van der Waals surface area (Å²) in [5.74, 6) is -0.419. The summed E-state index contributed by atoms with van der Waals surface area (Å²) in [6, 6.07) is 16.0. The van der Waals surface area contributed by atoms with Crippen molar-refractivity contribution in [3.63, 3.8) is 0 Å². The van der Waals surface area contributed by atoms with Crippen LogP contribution in [0.15, 0.2) is 54.6 Å². The van der Waals surface area contributed by atoms with Gasteiger partial charge in [0.1, 0.15) is 6.10 Å². The van der Waals surface area contributed by atoms with Crippen LogP contribution in [0.3, 0.4) is 0 Å². The van der Waals surface area contributed by atoms with E-state index in [0.29, 0.717) is 29.8 Å². The number of hydrogen-bond donors (Lipinski definition) is 1. The lowest BCUT2D eigenvalue weighted by Gasteiger charge is -2.37. The Labute approximate surface area is 157 Å². The fraction of sp³-hybridized carbons (Fsp3) is 0.300. The molecule has 0 bridgehead atoms. The summed E-state index contributed by atoms with van der Waals surface area (Å²) in [6.45, 7) is 0.187. The number of likely N-dealkylation sites (tertiary alicyclic amines) is 1. The number of amides is 1. The van der Waals surface area contributed by atoms with Crippen LogP contribution in [0, 0.1) is 0 Å². The van der Waals surface area contributed by atoms with Gasteiger partial charge in [-0.2, -0.15) is 0 Å². The number of carbonyl (C=O) groups is 2. The second kappa shape index (κ2) is 8.23. The second-order valence-electron chi connectivity index (χ2n) is 6.39. The first-order valence-electron chi connectivity index (χ1n) is 8.53. The molecule has 0 spiro atoms. The number of rotatable bonds is 4. The summed E-state index contributed by atoms with van der Waals surface area (Å²) < 4.78 is 5.51. The summed E-state index contributed by atoms with van der Waals surface area (Å²) in [5.41, 5.74) is 1.50. The standard InChI is InChI=1S/C20H20ClNO4/c21-16-8-6-14(7-9-16)12-17-10-11-18(13-22(17)20(24)25)26-19(23)15-4-2-1-3-5-15/h1-9,17-18H,10-13H2,(H,24,25)/t17-,18+/m1/s1. The SMILES string of the molecule is O=C(O[C@H]1CC[C@H](Cc2ccc(Cl)cc2)N(C(=O)O)C1)c1ccccc1. The number of benzene rings is 2. The Balaban J connectivity index is 1.63. The topological polar surface area (TPSA) is 66.8 Å². The lowest BCUT2D eigenvalue weighted by Crippen LogP contribution is -2.50. The van der Waals surface area contributed by atoms with Crippen molar-refractivity contribution >= 4 is 23.7 Å². The van der Waals surface area contributed by atoms with Gasteiger partial charge in [0.25, 0.3) is 0 Å². The Kier molecular flexibility index (Phi) is 5.78. The van der Waals surface area contributed by atoms with Crippen molar-refractivity contribution in [1.82, 2.24) is 4.90 Å². The predicted octanol–water partition coefficient (Wildman–Crippen LogP) is 4.25. The van der Waals surface area contributed by atoms with Crippen molar-refractivity contribution in [2.75, 3.05) is 6.54 Å². The molecule has 5 nitrogen and oxygen atoms in total. The van der Waals surface area contributed by atoms with Crippen LogP contribution in [0.5, 0.6) is 0 Å². The van der Waals surface area contributed by atoms with Gasteiger partial charge in [-0.15, -0.1) is 0 Å². The van der Waals surface area contributed by atoms with E-state index in [2.05, 4.69) is 0 Å². The van der Waals surface area contributed by atoms with Crippen molar-refractivity contribution in [3.8, 4) is 0 Å². The minimum Gasteiger partial charge on any atom is -0.465 e. The summed E-state index contributed by atoms with van der Waals surface area (Å²) in [7, 11) is 0. The molecule has 0 unspecified atom stereocenters. The fourth-order valence-electron chi connectivity index (χ4n) is 3.22. The molecule has 2 aromatic rings. The lowest BCUT2D eigenvalue weighted by molar-refractivity contribution is -0.00303. The number of nitrogens with zero attached hydrogens (tertiary/aromatic N) is 1. The van der Waals surface area contributed by atoms with Crippen molar-refractivity contribution in [2.45, 2.75) is 31.4 Å². The maximum absolute atomic E-state index is 12.2. The lowest BCUT2D eigenvalue weighted by atomic mass is 9.94. The minimum absolute atomic E-state index is 0.139. The van der Waals surface area contributed by atoms with Gasteiger partial charge >= 0.3 is 12.1 Å². The molecule has 1 saturated heterocycles. The highest BCUT2D eigenvalue weighted by atomic mass is 35.5. The minimum atomic E-state index is -0.996. The molecule has 0 aromatic heterocycles. The predicted molar refractivity (Wildman–Crippen MR) is 98.6 cm³/mol. The molecule has 1 N–H and O–H groups in total. The molecule has 2 aromatic carbocycles. The smallest absolute Gasteiger partial charge is 0.407 e. The molecule has 0 saturated carbocycles. The van der Waals surface area contributed by atoms with Gasteiger partial charge in [-0.25, -0.2) is 9.59 Å². The molecule has 0 aliphatic carbocycles. The third-order valence-electron chi connectivity index (χ3n) is 4.58. The Bertz CT molecular complexity index is 763. The molecular formula is C20H20ClNO4. The van der Waals surface area contributed by atoms with Crippen LogP contribution in [0.2, 0.25) is 5.02 Å². The summed E-state index contributed by atoms with van der Waals surface area (Å²) in [5, 5.41) is 10.2. The number of carbonyl (C=O) groups excluding carboxylic acids is 1. The number of halogens is 1. The fourth-order valence-corrected chi connectivity index (χ4v) is 3.35. The number of hydrogen-bond acceptors (Lipinski definition) is 3. The Morgan fingerprint density at radius 1 is 1.08 bits per heavy atom. The van der Waals surface area contributed by atoms with E-state index < -0.39 is 18.2 Å². The van der Waals surface area contributed by atoms with E-state index in [4.69, 9.17) is 16.3 Å². The summed E-state index contributed by atoms with van der Waals surface area (Å²) in [6.07, 6.45) is 0.468. The largest absolute Gasteiger partial charge is 0.465 e. The molecule has 1 aliphatic rings. The molecule has 26 heavy (non-hydrogen) atoms. The highest BCUT2D eigenvalue weighted by Crippen LogP contribution is 2.24. The molecule has 1 heterocycles. The highest BCUT2D eigenvalue weighted by Gasteiger charge is 2.33. The van der Waals surface area contributed by atoms with Crippen LogP contribution < -0.4 is 0 Å². The molecule has 2 atom stereocenters. The molecule has 1 aliphatic heterocycles. The molecule has 6 heteroatoms. The van der Waals surface area contributed by atoms with Gasteiger partial charge < -0.3 is 14.7 Å². The second-order valence-corrected chi connectivity index (χ2v) is 6.83. The van der Waals surface area contributed by atoms with Crippen molar-refractivity contribution in [2.24, 2.45) is 0 Å². The molecule has 0 radical (unpaired) electrons. The summed E-state index contributed by atoms with van der Waals surface area (Å²) >= 11 is 5.90. The zero-order valence-corrected chi connectivity index (χ0v) is 14.9. The monoisotopic (exact) mass is 373 g/mol. The van der Waals surface area contributed by atoms with Crippen molar-refractivity contribution in [1.29, 1.82) is 0 Å². The summed E-state index contributed by atoms with van der Waals surface area (Å²) in [4.78, 5) is 25.2. The van der Waals surface area contributed by atoms with E-state index in [9.17, 15) is 14.7 Å². The first-order chi connectivity index (χ1) is 12.5. The Hall–Kier alpha value is -2.53. The molecule has 3 rings (SSSR count). The van der Waals surface area contributed by atoms with Gasteiger partial charge in [0, 0.05) is 11.1 Å². The van der Waals surface area contributed by atoms with Crippen LogP contribution in [0.4, 0.5) is 4.79 Å². The maximum atomic E-state index is 12.2. The van der Waals surface area contributed by atoms with Crippen LogP contribution in [-0.2, 0) is 11.2 Å². The van der Waals surface area contributed by atoms with Gasteiger partial charge in [-0.3, -0.25) is 0 Å². The number of esters is 1. The normalized spacial score (nSPS) is 19.8. The average molecular weight is 374 g/mol. The van der Waals surface area contributed by atoms with E-state index in [1.54, 1.807) is 36.4 Å². The third-order valence-corrected chi connectivity index (χ3v) is 4.83. The van der Waals surface area contributed by atoms with Gasteiger partial charge in [0.05, 0.1) is 12.1 Å². The van der Waals surface area contributed by atoms with Crippen LogP contribution in [0.1, 0.15) is 28.8 Å². The maximum Gasteiger partial charge on any atom is 0.407 e. The molecule has 136 valence electrons. The van der Waals surface area contributed by atoms with Crippen LogP contribution in [-0.4, -0.2) is 40.8 Å². The van der Waals surface area contributed by atoms with E-state index in [1.807, 2.05) is 18.2 Å². The van der Waals surface area contributed by atoms with Crippen molar-refractivity contribution < 1.29 is 19.4 Å². The van der Waals surface area contributed by atoms with E-state index in [0.717, 1.165) is 5.56 Å². The van der Waals surface area contributed by atoms with E-state index in [-0.39, 0.29) is 12.6 Å². The number of carboxylic acid groups (broad SMARTS) is 1. The third kappa shape index (κ3) is 4.55. The van der Waals surface area contributed by atoms with E-state index >= 15 is 0 Å². The zero-order chi connectivity index (χ0) is 18.5.